The molecule has 2 heteroatoms. The normalized spacial score (nSPS) is 10.9. The van der Waals surface area contributed by atoms with Crippen LogP contribution in [0.4, 0.5) is 0 Å². The highest BCUT2D eigenvalue weighted by atomic mass is 15.0. The highest BCUT2D eigenvalue weighted by Crippen LogP contribution is 2.17. The summed E-state index contributed by atoms with van der Waals surface area (Å²) < 4.78 is 0. The van der Waals surface area contributed by atoms with Gasteiger partial charge < -0.3 is 10.6 Å². The van der Waals surface area contributed by atoms with Gasteiger partial charge in [0.2, 0.25) is 0 Å². The van der Waals surface area contributed by atoms with E-state index >= 15 is 0 Å². The van der Waals surface area contributed by atoms with E-state index in [1.807, 2.05) is 7.05 Å². The number of rotatable bonds is 4. The molecule has 0 fully saturated rings. The average Bonchev–Trinajstić information content (AvgIpc) is 2.29. The summed E-state index contributed by atoms with van der Waals surface area (Å²) in [6, 6.07) is 13.2. The van der Waals surface area contributed by atoms with Gasteiger partial charge in [0, 0.05) is 13.2 Å². The van der Waals surface area contributed by atoms with Crippen LogP contribution in [-0.4, -0.2) is 13.7 Å². The van der Waals surface area contributed by atoms with Crippen LogP contribution in [0.15, 0.2) is 36.4 Å². The Bertz CT molecular complexity index is 477. The molecule has 0 amide bonds. The minimum Gasteiger partial charge on any atom is -0.308 e. The highest BCUT2D eigenvalue weighted by molar-refractivity contribution is 5.83. The second-order valence-electron chi connectivity index (χ2n) is 4.14. The molecule has 0 heterocycles. The molecule has 0 spiro atoms. The van der Waals surface area contributed by atoms with Gasteiger partial charge in [-0.2, -0.15) is 0 Å². The summed E-state index contributed by atoms with van der Waals surface area (Å²) in [4.78, 5) is 0. The molecule has 2 aromatic carbocycles. The monoisotopic (exact) mass is 214 g/mol. The maximum atomic E-state index is 3.32. The maximum absolute atomic E-state index is 3.32. The van der Waals surface area contributed by atoms with E-state index in [0.717, 1.165) is 13.2 Å². The van der Waals surface area contributed by atoms with E-state index in [2.05, 4.69) is 54.0 Å². The largest absolute Gasteiger partial charge is 0.308 e. The molecule has 2 rings (SSSR count). The molecule has 0 aliphatic rings. The van der Waals surface area contributed by atoms with Crippen molar-refractivity contribution >= 4 is 10.8 Å². The summed E-state index contributed by atoms with van der Waals surface area (Å²) in [6.45, 7) is 3.87. The molecule has 2 aromatic rings. The lowest BCUT2D eigenvalue weighted by Crippen LogP contribution is -2.25. The van der Waals surface area contributed by atoms with E-state index < -0.39 is 0 Å². The fourth-order valence-electron chi connectivity index (χ4n) is 1.86. The number of benzene rings is 2. The molecule has 0 saturated heterocycles. The lowest BCUT2D eigenvalue weighted by molar-refractivity contribution is 0.632. The van der Waals surface area contributed by atoms with Crippen LogP contribution in [0.25, 0.3) is 10.8 Å². The molecule has 84 valence electrons. The molecule has 0 unspecified atom stereocenters. The lowest BCUT2D eigenvalue weighted by Gasteiger charge is -2.06. The first-order valence-corrected chi connectivity index (χ1v) is 5.64. The van der Waals surface area contributed by atoms with Gasteiger partial charge in [-0.15, -0.1) is 0 Å². The van der Waals surface area contributed by atoms with Gasteiger partial charge in [0.05, 0.1) is 0 Å². The highest BCUT2D eigenvalue weighted by Gasteiger charge is 1.96. The van der Waals surface area contributed by atoms with Gasteiger partial charge in [0.1, 0.15) is 0 Å². The molecule has 2 N–H and O–H groups in total. The van der Waals surface area contributed by atoms with Crippen molar-refractivity contribution in [3.05, 3.63) is 47.5 Å². The molecule has 0 aliphatic carbocycles. The SMILES string of the molecule is CNCNCc1ccc2cc(C)ccc2c1. The van der Waals surface area contributed by atoms with Gasteiger partial charge >= 0.3 is 0 Å². The molecule has 0 aliphatic heterocycles. The fraction of sp³-hybridized carbons (Fsp3) is 0.286. The van der Waals surface area contributed by atoms with Crippen molar-refractivity contribution in [1.29, 1.82) is 0 Å². The van der Waals surface area contributed by atoms with Crippen LogP contribution in [0.5, 0.6) is 0 Å². The van der Waals surface area contributed by atoms with Gasteiger partial charge in [-0.25, -0.2) is 0 Å². The summed E-state index contributed by atoms with van der Waals surface area (Å²) >= 11 is 0. The van der Waals surface area contributed by atoms with Crippen molar-refractivity contribution in [2.24, 2.45) is 0 Å². The fourth-order valence-corrected chi connectivity index (χ4v) is 1.86. The lowest BCUT2D eigenvalue weighted by atomic mass is 10.0. The van der Waals surface area contributed by atoms with E-state index in [1.165, 1.54) is 21.9 Å². The average molecular weight is 214 g/mol. The minimum atomic E-state index is 0.839. The van der Waals surface area contributed by atoms with E-state index in [1.54, 1.807) is 0 Å². The van der Waals surface area contributed by atoms with Crippen LogP contribution in [0.3, 0.4) is 0 Å². The molecule has 0 radical (unpaired) electrons. The predicted octanol–water partition coefficient (Wildman–Crippen LogP) is 2.41. The van der Waals surface area contributed by atoms with Crippen LogP contribution < -0.4 is 10.6 Å². The van der Waals surface area contributed by atoms with Crippen LogP contribution in [0, 0.1) is 6.92 Å². The standard InChI is InChI=1S/C14H18N2/c1-11-3-5-14-8-12(9-16-10-15-2)4-6-13(14)7-11/h3-8,15-16H,9-10H2,1-2H3. The Hall–Kier alpha value is -1.38. The first-order valence-electron chi connectivity index (χ1n) is 5.64. The smallest absolute Gasteiger partial charge is 0.0454 e. The Morgan fingerprint density at radius 1 is 1.00 bits per heavy atom. The number of hydrogen-bond acceptors (Lipinski definition) is 2. The molecule has 2 nitrogen and oxygen atoms in total. The Kier molecular flexibility index (Phi) is 3.54. The molecule has 0 saturated carbocycles. The third-order valence-corrected chi connectivity index (χ3v) is 2.69. The zero-order valence-electron chi connectivity index (χ0n) is 9.88. The van der Waals surface area contributed by atoms with Gasteiger partial charge in [0.25, 0.3) is 0 Å². The van der Waals surface area contributed by atoms with Crippen molar-refractivity contribution < 1.29 is 0 Å². The van der Waals surface area contributed by atoms with Crippen molar-refractivity contribution in [2.45, 2.75) is 13.5 Å². The van der Waals surface area contributed by atoms with Crippen molar-refractivity contribution in [3.63, 3.8) is 0 Å². The van der Waals surface area contributed by atoms with Crippen LogP contribution >= 0.6 is 0 Å². The quantitative estimate of drug-likeness (QED) is 0.603. The third kappa shape index (κ3) is 2.60. The minimum absolute atomic E-state index is 0.839. The molecule has 0 aromatic heterocycles. The Morgan fingerprint density at radius 2 is 1.75 bits per heavy atom. The van der Waals surface area contributed by atoms with E-state index in [9.17, 15) is 0 Å². The first kappa shape index (κ1) is 11.1. The summed E-state index contributed by atoms with van der Waals surface area (Å²) in [7, 11) is 1.94. The van der Waals surface area contributed by atoms with Crippen LogP contribution in [0.1, 0.15) is 11.1 Å². The number of nitrogens with one attached hydrogen (secondary N) is 2. The summed E-state index contributed by atoms with van der Waals surface area (Å²) in [5.74, 6) is 0. The number of hydrogen-bond donors (Lipinski definition) is 2. The van der Waals surface area contributed by atoms with Crippen molar-refractivity contribution in [1.82, 2.24) is 10.6 Å². The first-order chi connectivity index (χ1) is 7.79. The van der Waals surface area contributed by atoms with Gasteiger partial charge in [0.15, 0.2) is 0 Å². The van der Waals surface area contributed by atoms with Crippen molar-refractivity contribution in [2.75, 3.05) is 13.7 Å². The van der Waals surface area contributed by atoms with Crippen molar-refractivity contribution in [3.8, 4) is 0 Å². The second-order valence-corrected chi connectivity index (χ2v) is 4.14. The summed E-state index contributed by atoms with van der Waals surface area (Å²) in [5, 5.41) is 9.02. The Balaban J connectivity index is 2.20. The topological polar surface area (TPSA) is 24.1 Å². The Labute approximate surface area is 96.7 Å². The number of aryl methyl sites for hydroxylation is 1. The Morgan fingerprint density at radius 3 is 2.56 bits per heavy atom. The van der Waals surface area contributed by atoms with E-state index in [-0.39, 0.29) is 0 Å². The van der Waals surface area contributed by atoms with Gasteiger partial charge in [-0.05, 0) is 36.4 Å². The van der Waals surface area contributed by atoms with Crippen LogP contribution in [-0.2, 0) is 6.54 Å². The van der Waals surface area contributed by atoms with E-state index in [4.69, 9.17) is 0 Å². The second kappa shape index (κ2) is 5.10. The third-order valence-electron chi connectivity index (χ3n) is 2.69. The molecule has 16 heavy (non-hydrogen) atoms. The summed E-state index contributed by atoms with van der Waals surface area (Å²) in [6.07, 6.45) is 0. The molecule has 0 atom stereocenters. The van der Waals surface area contributed by atoms with E-state index in [0.29, 0.717) is 0 Å². The molecular formula is C14H18N2. The molecular weight excluding hydrogens is 196 g/mol. The zero-order valence-corrected chi connectivity index (χ0v) is 9.88. The maximum Gasteiger partial charge on any atom is 0.0454 e. The van der Waals surface area contributed by atoms with Gasteiger partial charge in [-0.3, -0.25) is 0 Å². The predicted molar refractivity (Wildman–Crippen MR) is 69.5 cm³/mol. The van der Waals surface area contributed by atoms with Gasteiger partial charge in [-0.1, -0.05) is 35.9 Å². The summed E-state index contributed by atoms with van der Waals surface area (Å²) in [5.41, 5.74) is 2.64. The zero-order chi connectivity index (χ0) is 11.4. The molecule has 0 bridgehead atoms. The number of fused-ring (bicyclic) bond motifs is 1. The van der Waals surface area contributed by atoms with Crippen LogP contribution in [0.2, 0.25) is 0 Å².